The zero-order valence-electron chi connectivity index (χ0n) is 12.1. The number of esters is 2. The molecule has 0 aliphatic heterocycles. The summed E-state index contributed by atoms with van der Waals surface area (Å²) in [5.74, 6) is -0.832. The van der Waals surface area contributed by atoms with Crippen LogP contribution in [0.15, 0.2) is 6.20 Å². The number of hydrogen-bond acceptors (Lipinski definition) is 6. The normalized spacial score (nSPS) is 10.2. The van der Waals surface area contributed by atoms with Crippen molar-refractivity contribution in [2.75, 3.05) is 25.6 Å². The fraction of sp³-hybridized carbons (Fsp3) is 0.615. The number of aromatic nitrogens is 2. The van der Waals surface area contributed by atoms with Gasteiger partial charge in [-0.1, -0.05) is 13.3 Å². The van der Waals surface area contributed by atoms with E-state index in [1.54, 1.807) is 10.9 Å². The fourth-order valence-corrected chi connectivity index (χ4v) is 1.60. The summed E-state index contributed by atoms with van der Waals surface area (Å²) in [7, 11) is 1.32. The van der Waals surface area contributed by atoms with Crippen molar-refractivity contribution >= 4 is 17.6 Å². The van der Waals surface area contributed by atoms with E-state index >= 15 is 0 Å². The maximum atomic E-state index is 11.6. The average Bonchev–Trinajstić information content (AvgIpc) is 2.81. The Kier molecular flexibility index (Phi) is 6.55. The van der Waals surface area contributed by atoms with E-state index in [2.05, 4.69) is 17.3 Å². The molecule has 0 aliphatic carbocycles. The SMILES string of the molecule is CCCCNc1cn(CCOC(C)=O)nc1C(=O)OC. The summed E-state index contributed by atoms with van der Waals surface area (Å²) in [5, 5.41) is 7.30. The number of hydrogen-bond donors (Lipinski definition) is 1. The lowest BCUT2D eigenvalue weighted by molar-refractivity contribution is -0.141. The number of methoxy groups -OCH3 is 1. The molecular formula is C13H21N3O4. The lowest BCUT2D eigenvalue weighted by atomic mass is 10.3. The first kappa shape index (κ1) is 16.0. The van der Waals surface area contributed by atoms with Gasteiger partial charge in [-0.15, -0.1) is 0 Å². The third kappa shape index (κ3) is 4.91. The largest absolute Gasteiger partial charge is 0.464 e. The molecule has 0 spiro atoms. The number of ether oxygens (including phenoxy) is 2. The quantitative estimate of drug-likeness (QED) is 0.574. The number of rotatable bonds is 8. The Hall–Kier alpha value is -2.05. The van der Waals surface area contributed by atoms with Crippen LogP contribution in [-0.4, -0.2) is 42.0 Å². The molecule has 7 nitrogen and oxygen atoms in total. The summed E-state index contributed by atoms with van der Waals surface area (Å²) >= 11 is 0. The summed E-state index contributed by atoms with van der Waals surface area (Å²) in [6.45, 7) is 4.80. The first-order chi connectivity index (χ1) is 9.58. The van der Waals surface area contributed by atoms with Gasteiger partial charge in [-0.05, 0) is 6.42 Å². The minimum atomic E-state index is -0.491. The van der Waals surface area contributed by atoms with E-state index in [4.69, 9.17) is 9.47 Å². The van der Waals surface area contributed by atoms with Crippen LogP contribution < -0.4 is 5.32 Å². The first-order valence-corrected chi connectivity index (χ1v) is 6.61. The van der Waals surface area contributed by atoms with E-state index in [0.717, 1.165) is 19.4 Å². The Balaban J connectivity index is 2.71. The molecule has 0 fully saturated rings. The molecule has 0 aliphatic rings. The number of nitrogens with one attached hydrogen (secondary N) is 1. The van der Waals surface area contributed by atoms with E-state index in [9.17, 15) is 9.59 Å². The number of carbonyl (C=O) groups is 2. The molecule has 0 saturated carbocycles. The molecular weight excluding hydrogens is 262 g/mol. The molecule has 0 bridgehead atoms. The van der Waals surface area contributed by atoms with E-state index in [1.807, 2.05) is 0 Å². The minimum Gasteiger partial charge on any atom is -0.464 e. The fourth-order valence-electron chi connectivity index (χ4n) is 1.60. The van der Waals surface area contributed by atoms with Gasteiger partial charge in [0, 0.05) is 19.7 Å². The highest BCUT2D eigenvalue weighted by atomic mass is 16.5. The van der Waals surface area contributed by atoms with Gasteiger partial charge in [-0.2, -0.15) is 5.10 Å². The van der Waals surface area contributed by atoms with Crippen molar-refractivity contribution in [1.29, 1.82) is 0 Å². The van der Waals surface area contributed by atoms with Gasteiger partial charge in [0.1, 0.15) is 6.61 Å². The number of unbranched alkanes of at least 4 members (excludes halogenated alkanes) is 1. The maximum absolute atomic E-state index is 11.6. The van der Waals surface area contributed by atoms with Gasteiger partial charge in [-0.25, -0.2) is 4.79 Å². The summed E-state index contributed by atoms with van der Waals surface area (Å²) in [6.07, 6.45) is 3.77. The third-order valence-corrected chi connectivity index (χ3v) is 2.61. The van der Waals surface area contributed by atoms with Crippen LogP contribution in [0.5, 0.6) is 0 Å². The van der Waals surface area contributed by atoms with Gasteiger partial charge in [0.2, 0.25) is 0 Å². The van der Waals surface area contributed by atoms with Crippen LogP contribution in [0.2, 0.25) is 0 Å². The number of nitrogens with zero attached hydrogens (tertiary/aromatic N) is 2. The number of carbonyl (C=O) groups excluding carboxylic acids is 2. The van der Waals surface area contributed by atoms with Gasteiger partial charge < -0.3 is 14.8 Å². The van der Waals surface area contributed by atoms with Crippen molar-refractivity contribution in [3.05, 3.63) is 11.9 Å². The molecule has 0 aromatic carbocycles. The highest BCUT2D eigenvalue weighted by molar-refractivity contribution is 5.93. The Morgan fingerprint density at radius 1 is 1.45 bits per heavy atom. The Morgan fingerprint density at radius 2 is 2.20 bits per heavy atom. The zero-order chi connectivity index (χ0) is 15.0. The van der Waals surface area contributed by atoms with Gasteiger partial charge in [0.05, 0.1) is 19.3 Å². The molecule has 1 aromatic heterocycles. The Morgan fingerprint density at radius 3 is 2.80 bits per heavy atom. The third-order valence-electron chi connectivity index (χ3n) is 2.61. The summed E-state index contributed by atoms with van der Waals surface area (Å²) in [4.78, 5) is 22.3. The smallest absolute Gasteiger partial charge is 0.360 e. The molecule has 1 heterocycles. The molecule has 0 amide bonds. The van der Waals surface area contributed by atoms with E-state index in [1.165, 1.54) is 14.0 Å². The Labute approximate surface area is 118 Å². The van der Waals surface area contributed by atoms with Crippen LogP contribution in [0.1, 0.15) is 37.2 Å². The molecule has 1 rings (SSSR count). The monoisotopic (exact) mass is 283 g/mol. The van der Waals surface area contributed by atoms with Crippen LogP contribution in [0.4, 0.5) is 5.69 Å². The summed E-state index contributed by atoms with van der Waals surface area (Å²) in [5.41, 5.74) is 0.875. The second kappa shape index (κ2) is 8.19. The molecule has 7 heteroatoms. The molecule has 0 radical (unpaired) electrons. The minimum absolute atomic E-state index is 0.214. The van der Waals surface area contributed by atoms with Crippen LogP contribution >= 0.6 is 0 Å². The zero-order valence-corrected chi connectivity index (χ0v) is 12.1. The second-order valence-electron chi connectivity index (χ2n) is 4.27. The molecule has 20 heavy (non-hydrogen) atoms. The number of anilines is 1. The van der Waals surface area contributed by atoms with Crippen molar-refractivity contribution in [1.82, 2.24) is 9.78 Å². The van der Waals surface area contributed by atoms with Gasteiger partial charge in [-0.3, -0.25) is 9.48 Å². The van der Waals surface area contributed by atoms with E-state index in [0.29, 0.717) is 12.2 Å². The van der Waals surface area contributed by atoms with Gasteiger partial charge in [0.25, 0.3) is 0 Å². The summed E-state index contributed by atoms with van der Waals surface area (Å²) < 4.78 is 11.1. The Bertz CT molecular complexity index is 456. The van der Waals surface area contributed by atoms with E-state index < -0.39 is 5.97 Å². The molecule has 1 aromatic rings. The first-order valence-electron chi connectivity index (χ1n) is 6.61. The van der Waals surface area contributed by atoms with E-state index in [-0.39, 0.29) is 18.3 Å². The molecule has 0 unspecified atom stereocenters. The molecule has 112 valence electrons. The molecule has 0 atom stereocenters. The van der Waals surface area contributed by atoms with Crippen molar-refractivity contribution in [3.8, 4) is 0 Å². The standard InChI is InChI=1S/C13H21N3O4/c1-4-5-6-14-11-9-16(7-8-20-10(2)17)15-12(11)13(18)19-3/h9,14H,4-8H2,1-3H3. The molecule has 0 saturated heterocycles. The lowest BCUT2D eigenvalue weighted by Crippen LogP contribution is -2.11. The van der Waals surface area contributed by atoms with Crippen LogP contribution in [0, 0.1) is 0 Å². The predicted molar refractivity (Wildman–Crippen MR) is 73.6 cm³/mol. The average molecular weight is 283 g/mol. The van der Waals surface area contributed by atoms with Crippen LogP contribution in [0.25, 0.3) is 0 Å². The van der Waals surface area contributed by atoms with Gasteiger partial charge in [0.15, 0.2) is 5.69 Å². The predicted octanol–water partition coefficient (Wildman–Crippen LogP) is 1.44. The van der Waals surface area contributed by atoms with Crippen molar-refractivity contribution in [2.24, 2.45) is 0 Å². The van der Waals surface area contributed by atoms with Gasteiger partial charge >= 0.3 is 11.9 Å². The molecule has 1 N–H and O–H groups in total. The van der Waals surface area contributed by atoms with Crippen molar-refractivity contribution in [2.45, 2.75) is 33.2 Å². The van der Waals surface area contributed by atoms with Crippen molar-refractivity contribution < 1.29 is 19.1 Å². The van der Waals surface area contributed by atoms with Crippen LogP contribution in [-0.2, 0) is 20.8 Å². The highest BCUT2D eigenvalue weighted by Gasteiger charge is 2.17. The lowest BCUT2D eigenvalue weighted by Gasteiger charge is -2.03. The topological polar surface area (TPSA) is 82.5 Å². The summed E-state index contributed by atoms with van der Waals surface area (Å²) in [6, 6.07) is 0. The second-order valence-corrected chi connectivity index (χ2v) is 4.27. The van der Waals surface area contributed by atoms with Crippen molar-refractivity contribution in [3.63, 3.8) is 0 Å². The highest BCUT2D eigenvalue weighted by Crippen LogP contribution is 2.15. The van der Waals surface area contributed by atoms with Crippen LogP contribution in [0.3, 0.4) is 0 Å². The maximum Gasteiger partial charge on any atom is 0.360 e.